The number of nitrogens with zero attached hydrogens (tertiary/aromatic N) is 5. The van der Waals surface area contributed by atoms with Crippen molar-refractivity contribution >= 4 is 0 Å². The molecule has 0 unspecified atom stereocenters. The average Bonchev–Trinajstić information content (AvgIpc) is 3.14. The van der Waals surface area contributed by atoms with Gasteiger partial charge in [-0.05, 0) is 41.6 Å². The van der Waals surface area contributed by atoms with E-state index in [9.17, 15) is 26.3 Å². The van der Waals surface area contributed by atoms with Crippen LogP contribution in [0.5, 0.6) is 0 Å². The first kappa shape index (κ1) is 24.6. The van der Waals surface area contributed by atoms with Gasteiger partial charge < -0.3 is 4.74 Å². The molecular formula is C21H21F6N5O. The minimum atomic E-state index is -4.91. The normalized spacial score (nSPS) is 13.5. The highest BCUT2D eigenvalue weighted by Crippen LogP contribution is 2.36. The molecule has 0 aliphatic rings. The van der Waals surface area contributed by atoms with Crippen molar-refractivity contribution < 1.29 is 31.1 Å². The van der Waals surface area contributed by atoms with Crippen LogP contribution < -0.4 is 0 Å². The van der Waals surface area contributed by atoms with E-state index in [1.807, 2.05) is 35.2 Å². The standard InChI is InChI=1S/C21H21F6N5O/c1-31(11-19-28-30-32(2)29-19)18(15-6-4-3-5-7-15)13-33-12-14-8-16(20(22,23)24)10-17(9-14)21(25,26)27/h3-10,18H,11-13H2,1-2H3/t18-/m1/s1. The van der Waals surface area contributed by atoms with Crippen LogP contribution in [0.25, 0.3) is 0 Å². The summed E-state index contributed by atoms with van der Waals surface area (Å²) in [5.41, 5.74) is -2.12. The van der Waals surface area contributed by atoms with Crippen LogP contribution in [-0.2, 0) is 37.3 Å². The molecule has 1 atom stereocenters. The molecular weight excluding hydrogens is 452 g/mol. The SMILES string of the molecule is CN(Cc1nnn(C)n1)[C@H](COCc1cc(C(F)(F)F)cc(C(F)(F)F)c1)c1ccccc1. The van der Waals surface area contributed by atoms with Crippen LogP contribution >= 0.6 is 0 Å². The Labute approximate surface area is 185 Å². The van der Waals surface area contributed by atoms with Crippen molar-refractivity contribution in [2.24, 2.45) is 7.05 Å². The molecule has 0 spiro atoms. The summed E-state index contributed by atoms with van der Waals surface area (Å²) < 4.78 is 84.1. The number of ether oxygens (including phenoxy) is 1. The fraction of sp³-hybridized carbons (Fsp3) is 0.381. The molecule has 0 saturated carbocycles. The molecule has 3 rings (SSSR count). The first-order valence-corrected chi connectivity index (χ1v) is 9.77. The Hall–Kier alpha value is -2.99. The van der Waals surface area contributed by atoms with E-state index in [1.165, 1.54) is 4.80 Å². The van der Waals surface area contributed by atoms with E-state index >= 15 is 0 Å². The zero-order valence-corrected chi connectivity index (χ0v) is 17.7. The van der Waals surface area contributed by atoms with Gasteiger partial charge in [-0.3, -0.25) is 4.90 Å². The van der Waals surface area contributed by atoms with Gasteiger partial charge in [-0.25, -0.2) is 0 Å². The number of likely N-dealkylation sites (N-methyl/N-ethyl adjacent to an activating group) is 1. The van der Waals surface area contributed by atoms with Crippen LogP contribution in [0.4, 0.5) is 26.3 Å². The summed E-state index contributed by atoms with van der Waals surface area (Å²) in [6.45, 7) is -0.107. The Bertz CT molecular complexity index is 1020. The Morgan fingerprint density at radius 2 is 1.58 bits per heavy atom. The lowest BCUT2D eigenvalue weighted by Crippen LogP contribution is -2.28. The minimum Gasteiger partial charge on any atom is -0.375 e. The fourth-order valence-corrected chi connectivity index (χ4v) is 3.26. The van der Waals surface area contributed by atoms with Crippen molar-refractivity contribution in [3.8, 4) is 0 Å². The Morgan fingerprint density at radius 1 is 0.970 bits per heavy atom. The van der Waals surface area contributed by atoms with Gasteiger partial charge in [0.25, 0.3) is 0 Å². The summed E-state index contributed by atoms with van der Waals surface area (Å²) in [4.78, 5) is 3.17. The number of benzene rings is 2. The number of rotatable bonds is 8. The summed E-state index contributed by atoms with van der Waals surface area (Å²) in [6.07, 6.45) is -9.82. The second kappa shape index (κ2) is 9.87. The lowest BCUT2D eigenvalue weighted by molar-refractivity contribution is -0.143. The minimum absolute atomic E-state index is 0.0123. The van der Waals surface area contributed by atoms with E-state index < -0.39 is 30.1 Å². The number of aryl methyl sites for hydroxylation is 1. The fourth-order valence-electron chi connectivity index (χ4n) is 3.26. The molecule has 0 aliphatic heterocycles. The Kier molecular flexibility index (Phi) is 7.38. The molecule has 178 valence electrons. The number of alkyl halides is 6. The van der Waals surface area contributed by atoms with E-state index in [2.05, 4.69) is 15.4 Å². The van der Waals surface area contributed by atoms with Gasteiger partial charge >= 0.3 is 12.4 Å². The van der Waals surface area contributed by atoms with Gasteiger partial charge in [0.05, 0.1) is 44.0 Å². The number of halogens is 6. The van der Waals surface area contributed by atoms with Crippen LogP contribution in [0.1, 0.15) is 34.1 Å². The quantitative estimate of drug-likeness (QED) is 0.447. The average molecular weight is 473 g/mol. The van der Waals surface area contributed by atoms with Crippen LogP contribution in [0, 0.1) is 0 Å². The summed E-state index contributed by atoms with van der Waals surface area (Å²) in [5, 5.41) is 11.8. The smallest absolute Gasteiger partial charge is 0.375 e. The highest BCUT2D eigenvalue weighted by molar-refractivity contribution is 5.33. The molecule has 0 N–H and O–H groups in total. The molecule has 0 aliphatic carbocycles. The zero-order chi connectivity index (χ0) is 24.2. The van der Waals surface area contributed by atoms with Crippen LogP contribution in [0.3, 0.4) is 0 Å². The largest absolute Gasteiger partial charge is 0.416 e. The van der Waals surface area contributed by atoms with Crippen LogP contribution in [-0.4, -0.2) is 38.8 Å². The van der Waals surface area contributed by atoms with E-state index in [0.29, 0.717) is 24.5 Å². The first-order valence-electron chi connectivity index (χ1n) is 9.77. The van der Waals surface area contributed by atoms with Gasteiger partial charge in [0, 0.05) is 0 Å². The van der Waals surface area contributed by atoms with Gasteiger partial charge in [0.15, 0.2) is 5.82 Å². The number of hydrogen-bond acceptors (Lipinski definition) is 5. The van der Waals surface area contributed by atoms with Crippen molar-refractivity contribution in [2.45, 2.75) is 31.5 Å². The van der Waals surface area contributed by atoms with Crippen molar-refractivity contribution in [2.75, 3.05) is 13.7 Å². The van der Waals surface area contributed by atoms with Crippen molar-refractivity contribution in [1.29, 1.82) is 0 Å². The first-order chi connectivity index (χ1) is 15.4. The molecule has 0 fully saturated rings. The second-order valence-corrected chi connectivity index (χ2v) is 7.47. The zero-order valence-electron chi connectivity index (χ0n) is 17.7. The van der Waals surface area contributed by atoms with E-state index in [4.69, 9.17) is 4.74 Å². The monoisotopic (exact) mass is 473 g/mol. The summed E-state index contributed by atoms with van der Waals surface area (Å²) >= 11 is 0. The number of aromatic nitrogens is 4. The van der Waals surface area contributed by atoms with Gasteiger partial charge in [0.1, 0.15) is 0 Å². The van der Waals surface area contributed by atoms with Gasteiger partial charge in [0.2, 0.25) is 0 Å². The maximum Gasteiger partial charge on any atom is 0.416 e. The second-order valence-electron chi connectivity index (χ2n) is 7.47. The highest BCUT2D eigenvalue weighted by Gasteiger charge is 2.36. The molecule has 0 amide bonds. The summed E-state index contributed by atoms with van der Waals surface area (Å²) in [6, 6.07) is 10.2. The van der Waals surface area contributed by atoms with Gasteiger partial charge in [-0.2, -0.15) is 31.1 Å². The number of tetrazole rings is 1. The predicted octanol–water partition coefficient (Wildman–Crippen LogP) is 4.64. The molecule has 1 heterocycles. The molecule has 6 nitrogen and oxygen atoms in total. The van der Waals surface area contributed by atoms with E-state index in [0.717, 1.165) is 5.56 Å². The van der Waals surface area contributed by atoms with Crippen molar-refractivity contribution in [3.63, 3.8) is 0 Å². The molecule has 0 saturated heterocycles. The molecule has 1 aromatic heterocycles. The summed E-state index contributed by atoms with van der Waals surface area (Å²) in [5.74, 6) is 0.452. The molecule has 0 radical (unpaired) electrons. The molecule has 33 heavy (non-hydrogen) atoms. The van der Waals surface area contributed by atoms with Crippen LogP contribution in [0.2, 0.25) is 0 Å². The molecule has 12 heteroatoms. The third kappa shape index (κ3) is 6.75. The predicted molar refractivity (Wildman–Crippen MR) is 106 cm³/mol. The van der Waals surface area contributed by atoms with Gasteiger partial charge in [-0.15, -0.1) is 10.2 Å². The maximum atomic E-state index is 13.1. The van der Waals surface area contributed by atoms with Crippen LogP contribution in [0.15, 0.2) is 48.5 Å². The van der Waals surface area contributed by atoms with Crippen molar-refractivity contribution in [3.05, 3.63) is 76.6 Å². The third-order valence-corrected chi connectivity index (χ3v) is 4.85. The van der Waals surface area contributed by atoms with Gasteiger partial charge in [-0.1, -0.05) is 30.3 Å². The third-order valence-electron chi connectivity index (χ3n) is 4.85. The molecule has 2 aromatic carbocycles. The Morgan fingerprint density at radius 3 is 2.09 bits per heavy atom. The highest BCUT2D eigenvalue weighted by atomic mass is 19.4. The lowest BCUT2D eigenvalue weighted by atomic mass is 10.0. The number of hydrogen-bond donors (Lipinski definition) is 0. The lowest BCUT2D eigenvalue weighted by Gasteiger charge is -2.27. The molecule has 3 aromatic rings. The Balaban J connectivity index is 1.77. The van der Waals surface area contributed by atoms with E-state index in [-0.39, 0.29) is 24.3 Å². The topological polar surface area (TPSA) is 56.1 Å². The molecule has 0 bridgehead atoms. The maximum absolute atomic E-state index is 13.1. The van der Waals surface area contributed by atoms with Crippen molar-refractivity contribution in [1.82, 2.24) is 25.1 Å². The van der Waals surface area contributed by atoms with E-state index in [1.54, 1.807) is 14.1 Å². The summed E-state index contributed by atoms with van der Waals surface area (Å²) in [7, 11) is 3.40.